The quantitative estimate of drug-likeness (QED) is 0.712. The van der Waals surface area contributed by atoms with Crippen molar-refractivity contribution in [3.63, 3.8) is 0 Å². The third-order valence-electron chi connectivity index (χ3n) is 6.53. The molecule has 0 aromatic heterocycles. The first-order chi connectivity index (χ1) is 12.9. The van der Waals surface area contributed by atoms with Crippen LogP contribution < -0.4 is 0 Å². The molecule has 2 amide bonds. The van der Waals surface area contributed by atoms with Crippen LogP contribution in [-0.2, 0) is 9.53 Å². The lowest BCUT2D eigenvalue weighted by molar-refractivity contribution is -0.135. The molecule has 0 aliphatic carbocycles. The summed E-state index contributed by atoms with van der Waals surface area (Å²) in [6.45, 7) is 9.55. The molecule has 1 unspecified atom stereocenters. The SMILES string of the molecule is CC(C)CCN1CC2(CCN(C(=O)CCC3CCCN(C)C3)CC2)OC1=O. The van der Waals surface area contributed by atoms with Crippen molar-refractivity contribution in [2.24, 2.45) is 11.8 Å². The van der Waals surface area contributed by atoms with Crippen LogP contribution in [0.4, 0.5) is 4.79 Å². The number of carbonyl (C=O) groups is 2. The second-order valence-corrected chi connectivity index (χ2v) is 9.35. The summed E-state index contributed by atoms with van der Waals surface area (Å²) in [5, 5.41) is 0. The molecule has 3 aliphatic heterocycles. The molecule has 3 aliphatic rings. The second-order valence-electron chi connectivity index (χ2n) is 9.35. The minimum atomic E-state index is -0.364. The normalized spacial score (nSPS) is 26.1. The van der Waals surface area contributed by atoms with Gasteiger partial charge >= 0.3 is 6.09 Å². The van der Waals surface area contributed by atoms with Gasteiger partial charge in [-0.1, -0.05) is 13.8 Å². The first kappa shape index (κ1) is 20.4. The summed E-state index contributed by atoms with van der Waals surface area (Å²) in [6, 6.07) is 0. The fourth-order valence-corrected chi connectivity index (χ4v) is 4.70. The Bertz CT molecular complexity index is 529. The Balaban J connectivity index is 1.42. The van der Waals surface area contributed by atoms with Crippen molar-refractivity contribution in [2.75, 3.05) is 46.3 Å². The van der Waals surface area contributed by atoms with Crippen LogP contribution in [0.25, 0.3) is 0 Å². The number of piperidine rings is 2. The summed E-state index contributed by atoms with van der Waals surface area (Å²) < 4.78 is 5.77. The Hall–Kier alpha value is -1.30. The molecular weight excluding hydrogens is 342 g/mol. The molecule has 0 bridgehead atoms. The van der Waals surface area contributed by atoms with E-state index in [1.54, 1.807) is 0 Å². The van der Waals surface area contributed by atoms with Gasteiger partial charge in [0, 0.05) is 45.4 Å². The van der Waals surface area contributed by atoms with Crippen molar-refractivity contribution >= 4 is 12.0 Å². The topological polar surface area (TPSA) is 53.1 Å². The zero-order chi connectivity index (χ0) is 19.4. The third kappa shape index (κ3) is 5.37. The Labute approximate surface area is 164 Å². The number of nitrogens with zero attached hydrogens (tertiary/aromatic N) is 3. The Kier molecular flexibility index (Phi) is 6.66. The van der Waals surface area contributed by atoms with E-state index in [0.29, 0.717) is 37.9 Å². The molecule has 1 spiro atoms. The van der Waals surface area contributed by atoms with E-state index in [2.05, 4.69) is 25.8 Å². The summed E-state index contributed by atoms with van der Waals surface area (Å²) >= 11 is 0. The van der Waals surface area contributed by atoms with Crippen molar-refractivity contribution in [2.45, 2.75) is 64.4 Å². The van der Waals surface area contributed by atoms with Crippen LogP contribution in [0.15, 0.2) is 0 Å². The van der Waals surface area contributed by atoms with E-state index < -0.39 is 0 Å². The smallest absolute Gasteiger partial charge is 0.410 e. The van der Waals surface area contributed by atoms with E-state index in [9.17, 15) is 9.59 Å². The molecule has 3 heterocycles. The molecule has 3 rings (SSSR count). The number of amides is 2. The predicted octanol–water partition coefficient (Wildman–Crippen LogP) is 2.97. The summed E-state index contributed by atoms with van der Waals surface area (Å²) in [5.74, 6) is 1.52. The van der Waals surface area contributed by atoms with E-state index >= 15 is 0 Å². The highest BCUT2D eigenvalue weighted by atomic mass is 16.6. The highest BCUT2D eigenvalue weighted by molar-refractivity contribution is 5.76. The molecule has 6 nitrogen and oxygen atoms in total. The highest BCUT2D eigenvalue weighted by Gasteiger charge is 2.47. The average Bonchev–Trinajstić information content (AvgIpc) is 2.93. The molecule has 0 N–H and O–H groups in total. The van der Waals surface area contributed by atoms with Crippen molar-refractivity contribution in [3.05, 3.63) is 0 Å². The lowest BCUT2D eigenvalue weighted by atomic mass is 9.90. The zero-order valence-corrected chi connectivity index (χ0v) is 17.4. The summed E-state index contributed by atoms with van der Waals surface area (Å²) in [7, 11) is 2.17. The van der Waals surface area contributed by atoms with E-state index in [-0.39, 0.29) is 17.6 Å². The van der Waals surface area contributed by atoms with Gasteiger partial charge in [-0.3, -0.25) is 4.79 Å². The summed E-state index contributed by atoms with van der Waals surface area (Å²) in [6.07, 6.45) is 6.55. The minimum Gasteiger partial charge on any atom is -0.441 e. The standard InChI is InChI=1S/C21H37N3O3/c1-17(2)8-12-24-16-21(27-20(24)26)9-13-23(14-10-21)19(25)7-6-18-5-4-11-22(3)15-18/h17-18H,4-16H2,1-3H3. The fourth-order valence-electron chi connectivity index (χ4n) is 4.70. The van der Waals surface area contributed by atoms with Crippen molar-refractivity contribution in [3.8, 4) is 0 Å². The van der Waals surface area contributed by atoms with Gasteiger partial charge < -0.3 is 19.4 Å². The molecule has 3 saturated heterocycles. The molecule has 6 heteroatoms. The number of carbonyl (C=O) groups excluding carboxylic acids is 2. The molecule has 0 saturated carbocycles. The maximum absolute atomic E-state index is 12.6. The molecule has 3 fully saturated rings. The first-order valence-corrected chi connectivity index (χ1v) is 10.8. The lowest BCUT2D eigenvalue weighted by Gasteiger charge is -2.38. The van der Waals surface area contributed by atoms with Crippen LogP contribution in [0, 0.1) is 11.8 Å². The maximum Gasteiger partial charge on any atom is 0.410 e. The van der Waals surface area contributed by atoms with E-state index in [4.69, 9.17) is 4.74 Å². The lowest BCUT2D eigenvalue weighted by Crippen LogP contribution is -2.48. The Morgan fingerprint density at radius 2 is 2.00 bits per heavy atom. The number of hydrogen-bond donors (Lipinski definition) is 0. The van der Waals surface area contributed by atoms with Crippen LogP contribution in [0.1, 0.15) is 58.8 Å². The monoisotopic (exact) mass is 379 g/mol. The van der Waals surface area contributed by atoms with Gasteiger partial charge in [-0.05, 0) is 51.1 Å². The van der Waals surface area contributed by atoms with Gasteiger partial charge in [0.15, 0.2) is 0 Å². The highest BCUT2D eigenvalue weighted by Crippen LogP contribution is 2.34. The van der Waals surface area contributed by atoms with Gasteiger partial charge in [-0.2, -0.15) is 0 Å². The van der Waals surface area contributed by atoms with Crippen molar-refractivity contribution < 1.29 is 14.3 Å². The maximum atomic E-state index is 12.6. The molecule has 0 aromatic rings. The van der Waals surface area contributed by atoms with Gasteiger partial charge in [-0.15, -0.1) is 0 Å². The molecule has 154 valence electrons. The molecule has 27 heavy (non-hydrogen) atoms. The van der Waals surface area contributed by atoms with Gasteiger partial charge in [-0.25, -0.2) is 4.79 Å². The van der Waals surface area contributed by atoms with Gasteiger partial charge in [0.05, 0.1) is 6.54 Å². The number of likely N-dealkylation sites (tertiary alicyclic amines) is 2. The van der Waals surface area contributed by atoms with Crippen LogP contribution in [-0.4, -0.2) is 78.6 Å². The van der Waals surface area contributed by atoms with Crippen LogP contribution in [0.5, 0.6) is 0 Å². The number of ether oxygens (including phenoxy) is 1. The Morgan fingerprint density at radius 1 is 1.26 bits per heavy atom. The zero-order valence-electron chi connectivity index (χ0n) is 17.4. The molecule has 0 radical (unpaired) electrons. The van der Waals surface area contributed by atoms with Gasteiger partial charge in [0.25, 0.3) is 0 Å². The molecule has 1 atom stereocenters. The van der Waals surface area contributed by atoms with Crippen LogP contribution >= 0.6 is 0 Å². The minimum absolute atomic E-state index is 0.170. The van der Waals surface area contributed by atoms with E-state index in [0.717, 1.165) is 38.8 Å². The van der Waals surface area contributed by atoms with Crippen LogP contribution in [0.3, 0.4) is 0 Å². The molecular formula is C21H37N3O3. The predicted molar refractivity (Wildman–Crippen MR) is 106 cm³/mol. The van der Waals surface area contributed by atoms with Gasteiger partial charge in [0.1, 0.15) is 5.60 Å². The Morgan fingerprint density at radius 3 is 2.67 bits per heavy atom. The fraction of sp³-hybridized carbons (Fsp3) is 0.905. The second kappa shape index (κ2) is 8.80. The third-order valence-corrected chi connectivity index (χ3v) is 6.53. The number of rotatable bonds is 6. The van der Waals surface area contributed by atoms with E-state index in [1.165, 1.54) is 19.4 Å². The van der Waals surface area contributed by atoms with Crippen molar-refractivity contribution in [1.82, 2.24) is 14.7 Å². The number of hydrogen-bond acceptors (Lipinski definition) is 4. The first-order valence-electron chi connectivity index (χ1n) is 10.8. The van der Waals surface area contributed by atoms with Gasteiger partial charge in [0.2, 0.25) is 5.91 Å². The van der Waals surface area contributed by atoms with Crippen molar-refractivity contribution in [1.29, 1.82) is 0 Å². The summed E-state index contributed by atoms with van der Waals surface area (Å²) in [5.41, 5.74) is -0.364. The largest absolute Gasteiger partial charge is 0.441 e. The summed E-state index contributed by atoms with van der Waals surface area (Å²) in [4.78, 5) is 31.0. The average molecular weight is 380 g/mol. The molecule has 0 aromatic carbocycles. The van der Waals surface area contributed by atoms with Crippen LogP contribution in [0.2, 0.25) is 0 Å². The van der Waals surface area contributed by atoms with E-state index in [1.807, 2.05) is 9.80 Å².